The minimum Gasteiger partial charge on any atom is -0.300 e. The quantitative estimate of drug-likeness (QED) is 0.363. The van der Waals surface area contributed by atoms with E-state index in [-0.39, 0.29) is 0 Å². The molecule has 2 fully saturated rings. The van der Waals surface area contributed by atoms with E-state index in [1.165, 1.54) is 51.5 Å². The third-order valence-corrected chi connectivity index (χ3v) is 8.23. The molecule has 4 aliphatic carbocycles. The van der Waals surface area contributed by atoms with Crippen LogP contribution < -0.4 is 0 Å². The summed E-state index contributed by atoms with van der Waals surface area (Å²) in [5.74, 6) is 5.27. The van der Waals surface area contributed by atoms with Crippen LogP contribution in [0.25, 0.3) is 0 Å². The lowest BCUT2D eigenvalue weighted by atomic mass is 9.58. The van der Waals surface area contributed by atoms with E-state index in [9.17, 15) is 0 Å². The van der Waals surface area contributed by atoms with Crippen molar-refractivity contribution in [2.45, 2.75) is 78.2 Å². The predicted octanol–water partition coefficient (Wildman–Crippen LogP) is 6.07. The van der Waals surface area contributed by atoms with Gasteiger partial charge in [-0.15, -0.1) is 0 Å². The number of hydrogen-bond acceptors (Lipinski definition) is 1. The van der Waals surface area contributed by atoms with Gasteiger partial charge in [-0.2, -0.15) is 0 Å². The summed E-state index contributed by atoms with van der Waals surface area (Å²) in [6.45, 7) is 10.9. The van der Waals surface area contributed by atoms with Crippen molar-refractivity contribution in [3.05, 3.63) is 23.3 Å². The van der Waals surface area contributed by atoms with Crippen LogP contribution in [0.5, 0.6) is 0 Å². The lowest BCUT2D eigenvalue weighted by molar-refractivity contribution is 0.0414. The Hall–Kier alpha value is -0.560. The van der Waals surface area contributed by atoms with Crippen molar-refractivity contribution in [2.75, 3.05) is 13.6 Å². The summed E-state index contributed by atoms with van der Waals surface area (Å²) in [7, 11) is 2.44. The number of allylic oxidation sites excluding steroid dienone is 3. The van der Waals surface area contributed by atoms with Crippen LogP contribution in [0.2, 0.25) is 0 Å². The summed E-state index contributed by atoms with van der Waals surface area (Å²) in [6, 6.07) is 0. The molecule has 4 rings (SSSR count). The lowest BCUT2D eigenvalue weighted by Gasteiger charge is -2.52. The zero-order chi connectivity index (χ0) is 17.8. The van der Waals surface area contributed by atoms with Crippen LogP contribution in [0.15, 0.2) is 23.3 Å². The van der Waals surface area contributed by atoms with Crippen molar-refractivity contribution in [1.29, 1.82) is 0 Å². The Kier molecular flexibility index (Phi) is 4.67. The minimum absolute atomic E-state index is 0.501. The molecule has 0 aliphatic heterocycles. The molecule has 0 saturated heterocycles. The molecular formula is C24H39N. The van der Waals surface area contributed by atoms with Crippen LogP contribution in [0.4, 0.5) is 0 Å². The number of fused-ring (bicyclic) bond motifs is 3. The first-order valence-corrected chi connectivity index (χ1v) is 11.2. The zero-order valence-corrected chi connectivity index (χ0v) is 17.2. The zero-order valence-electron chi connectivity index (χ0n) is 17.2. The molecule has 0 heterocycles. The van der Waals surface area contributed by atoms with E-state index in [1.807, 2.05) is 11.1 Å². The van der Waals surface area contributed by atoms with Crippen molar-refractivity contribution in [3.8, 4) is 0 Å². The molecule has 0 spiro atoms. The minimum atomic E-state index is 0.501. The van der Waals surface area contributed by atoms with Gasteiger partial charge < -0.3 is 0 Å². The molecule has 0 aromatic heterocycles. The number of rotatable bonds is 9. The molecule has 0 bridgehead atoms. The van der Waals surface area contributed by atoms with Gasteiger partial charge in [-0.1, -0.05) is 76.7 Å². The second-order valence-corrected chi connectivity index (χ2v) is 9.66. The van der Waals surface area contributed by atoms with Gasteiger partial charge in [0.25, 0.3) is 0 Å². The van der Waals surface area contributed by atoms with E-state index in [4.69, 9.17) is 0 Å². The average molecular weight is 342 g/mol. The van der Waals surface area contributed by atoms with Gasteiger partial charge in [0.1, 0.15) is 0 Å². The fraction of sp³-hybridized carbons (Fsp3) is 0.833. The normalized spacial score (nSPS) is 41.0. The number of hydrogen-bond donors (Lipinski definition) is 0. The third-order valence-electron chi connectivity index (χ3n) is 8.23. The molecule has 0 amide bonds. The smallest absolute Gasteiger partial charge is 0.0349 e. The Morgan fingerprint density at radius 3 is 2.44 bits per heavy atom. The molecule has 140 valence electrons. The van der Waals surface area contributed by atoms with E-state index in [1.54, 1.807) is 0 Å². The monoisotopic (exact) mass is 341 g/mol. The third kappa shape index (κ3) is 2.52. The van der Waals surface area contributed by atoms with E-state index in [0.29, 0.717) is 5.54 Å². The molecule has 25 heavy (non-hydrogen) atoms. The van der Waals surface area contributed by atoms with Gasteiger partial charge in [0.05, 0.1) is 0 Å². The Morgan fingerprint density at radius 1 is 1.16 bits per heavy atom. The largest absolute Gasteiger partial charge is 0.300 e. The van der Waals surface area contributed by atoms with Gasteiger partial charge in [-0.3, -0.25) is 4.90 Å². The van der Waals surface area contributed by atoms with E-state index >= 15 is 0 Å². The second-order valence-electron chi connectivity index (χ2n) is 9.66. The average Bonchev–Trinajstić information content (AvgIpc) is 3.45. The SMILES string of the molecule is CCCCCCC1C(C(C)C)C2=CCC2C2C(C3=CC3)C12N(C)CC. The Morgan fingerprint density at radius 2 is 1.92 bits per heavy atom. The van der Waals surface area contributed by atoms with E-state index in [2.05, 4.69) is 51.8 Å². The maximum absolute atomic E-state index is 2.80. The highest BCUT2D eigenvalue weighted by Gasteiger charge is 2.77. The summed E-state index contributed by atoms with van der Waals surface area (Å²) in [5.41, 5.74) is 4.20. The van der Waals surface area contributed by atoms with Gasteiger partial charge in [-0.05, 0) is 62.4 Å². The van der Waals surface area contributed by atoms with Crippen LogP contribution in [-0.4, -0.2) is 24.0 Å². The van der Waals surface area contributed by atoms with Crippen molar-refractivity contribution in [3.63, 3.8) is 0 Å². The summed E-state index contributed by atoms with van der Waals surface area (Å²) < 4.78 is 0. The van der Waals surface area contributed by atoms with Crippen LogP contribution >= 0.6 is 0 Å². The highest BCUT2D eigenvalue weighted by molar-refractivity contribution is 5.48. The van der Waals surface area contributed by atoms with Gasteiger partial charge >= 0.3 is 0 Å². The second kappa shape index (κ2) is 6.55. The number of unbranched alkanes of at least 4 members (excludes halogenated alkanes) is 3. The van der Waals surface area contributed by atoms with Crippen LogP contribution in [0.3, 0.4) is 0 Å². The molecule has 2 saturated carbocycles. The standard InChI is InChI=1S/C24H39N/c1-6-8-9-10-11-20-21(16(3)4)18-14-15-19(18)23-22(17-12-13-17)24(20,23)25(5)7-2/h12,14,16,19-23H,6-11,13,15H2,1-5H3. The maximum atomic E-state index is 2.80. The van der Waals surface area contributed by atoms with E-state index in [0.717, 1.165) is 35.5 Å². The molecule has 0 radical (unpaired) electrons. The molecule has 1 heteroatoms. The van der Waals surface area contributed by atoms with Crippen LogP contribution in [-0.2, 0) is 0 Å². The van der Waals surface area contributed by atoms with Crippen molar-refractivity contribution >= 4 is 0 Å². The summed E-state index contributed by atoms with van der Waals surface area (Å²) in [6.07, 6.45) is 15.0. The summed E-state index contributed by atoms with van der Waals surface area (Å²) in [4.78, 5) is 2.80. The van der Waals surface area contributed by atoms with Crippen LogP contribution in [0, 0.1) is 35.5 Å². The van der Waals surface area contributed by atoms with E-state index < -0.39 is 0 Å². The van der Waals surface area contributed by atoms with Crippen molar-refractivity contribution < 1.29 is 0 Å². The fourth-order valence-electron chi connectivity index (χ4n) is 7.04. The predicted molar refractivity (Wildman–Crippen MR) is 107 cm³/mol. The highest BCUT2D eigenvalue weighted by atomic mass is 15.2. The molecule has 0 aromatic rings. The molecular weight excluding hydrogens is 302 g/mol. The topological polar surface area (TPSA) is 3.24 Å². The molecule has 4 aliphatic rings. The first kappa shape index (κ1) is 17.8. The van der Waals surface area contributed by atoms with Gasteiger partial charge in [0.2, 0.25) is 0 Å². The number of nitrogens with zero attached hydrogens (tertiary/aromatic N) is 1. The summed E-state index contributed by atoms with van der Waals surface area (Å²) >= 11 is 0. The molecule has 6 atom stereocenters. The first-order chi connectivity index (χ1) is 12.1. The molecule has 1 nitrogen and oxygen atoms in total. The first-order valence-electron chi connectivity index (χ1n) is 11.2. The fourth-order valence-corrected chi connectivity index (χ4v) is 7.04. The van der Waals surface area contributed by atoms with Gasteiger partial charge in [0, 0.05) is 11.5 Å². The Labute approximate surface area is 155 Å². The Bertz CT molecular complexity index is 571. The molecule has 0 aromatic carbocycles. The van der Waals surface area contributed by atoms with Crippen molar-refractivity contribution in [2.24, 2.45) is 35.5 Å². The molecule has 0 N–H and O–H groups in total. The summed E-state index contributed by atoms with van der Waals surface area (Å²) in [5, 5.41) is 0. The maximum Gasteiger partial charge on any atom is 0.0349 e. The highest BCUT2D eigenvalue weighted by Crippen LogP contribution is 2.76. The molecule has 6 unspecified atom stereocenters. The Balaban J connectivity index is 1.67. The van der Waals surface area contributed by atoms with Gasteiger partial charge in [-0.25, -0.2) is 0 Å². The lowest BCUT2D eigenvalue weighted by Crippen LogP contribution is -2.53. The van der Waals surface area contributed by atoms with Crippen LogP contribution in [0.1, 0.15) is 72.6 Å². The van der Waals surface area contributed by atoms with Crippen molar-refractivity contribution in [1.82, 2.24) is 4.90 Å². The van der Waals surface area contributed by atoms with Gasteiger partial charge in [0.15, 0.2) is 0 Å².